The molecule has 0 saturated carbocycles. The molecule has 7 N–H and O–H groups in total. The van der Waals surface area contributed by atoms with Crippen LogP contribution in [0.3, 0.4) is 0 Å². The van der Waals surface area contributed by atoms with Crippen molar-refractivity contribution in [3.8, 4) is 0 Å². The first kappa shape index (κ1) is 34.5. The summed E-state index contributed by atoms with van der Waals surface area (Å²) >= 11 is 11.9. The number of halogens is 2. The molecule has 1 aliphatic heterocycles. The Morgan fingerprint density at radius 2 is 1.68 bits per heavy atom. The Morgan fingerprint density at radius 1 is 1.07 bits per heavy atom. The lowest BCUT2D eigenvalue weighted by atomic mass is 9.79. The van der Waals surface area contributed by atoms with Crippen LogP contribution in [0.4, 0.5) is 4.79 Å². The van der Waals surface area contributed by atoms with Crippen LogP contribution in [-0.2, 0) is 28.0 Å². The zero-order valence-electron chi connectivity index (χ0n) is 21.1. The SMILES string of the molecule is C[C@@H](NC(=O)CNC(=O)c1cc(Cl)ccc1Cl)B1OCCN(CCOC(=O)NC(P(=O)(O)O)P(=O)(O)O)CCO1. The van der Waals surface area contributed by atoms with Crippen LogP contribution >= 0.6 is 38.4 Å². The van der Waals surface area contributed by atoms with E-state index in [4.69, 9.17) is 56.8 Å². The van der Waals surface area contributed by atoms with Gasteiger partial charge in [-0.05, 0) is 25.1 Å². The minimum absolute atomic E-state index is 0.128. The number of benzene rings is 1. The molecule has 1 atom stereocenters. The van der Waals surface area contributed by atoms with Crippen molar-refractivity contribution in [2.45, 2.75) is 18.4 Å². The molecule has 40 heavy (non-hydrogen) atoms. The Hall–Kier alpha value is -1.75. The molecule has 0 bridgehead atoms. The highest BCUT2D eigenvalue weighted by Gasteiger charge is 2.45. The second-order valence-electron chi connectivity index (χ2n) is 8.45. The molecule has 0 unspecified atom stereocenters. The maximum Gasteiger partial charge on any atom is 0.480 e. The Balaban J connectivity index is 1.71. The van der Waals surface area contributed by atoms with Crippen LogP contribution in [0, 0.1) is 0 Å². The lowest BCUT2D eigenvalue weighted by molar-refractivity contribution is -0.120. The van der Waals surface area contributed by atoms with Crippen molar-refractivity contribution < 1.29 is 57.1 Å². The predicted octanol–water partition coefficient (Wildman–Crippen LogP) is -0.0307. The molecule has 21 heteroatoms. The first-order valence-corrected chi connectivity index (χ1v) is 15.7. The molecular weight excluding hydrogens is 620 g/mol. The van der Waals surface area contributed by atoms with Gasteiger partial charge in [-0.15, -0.1) is 0 Å². The van der Waals surface area contributed by atoms with Gasteiger partial charge in [0.1, 0.15) is 6.61 Å². The van der Waals surface area contributed by atoms with Gasteiger partial charge in [-0.1, -0.05) is 23.2 Å². The first-order chi connectivity index (χ1) is 18.6. The van der Waals surface area contributed by atoms with Gasteiger partial charge in [-0.25, -0.2) is 4.79 Å². The van der Waals surface area contributed by atoms with Crippen LogP contribution in [0.15, 0.2) is 18.2 Å². The number of carbonyl (C=O) groups excluding carboxylic acids is 3. The van der Waals surface area contributed by atoms with E-state index >= 15 is 0 Å². The van der Waals surface area contributed by atoms with Crippen molar-refractivity contribution in [1.82, 2.24) is 20.9 Å². The Morgan fingerprint density at radius 3 is 2.25 bits per heavy atom. The third kappa shape index (κ3) is 11.6. The number of hydrogen-bond donors (Lipinski definition) is 7. The third-order valence-electron chi connectivity index (χ3n) is 5.28. The molecule has 1 aromatic rings. The van der Waals surface area contributed by atoms with Crippen molar-refractivity contribution in [2.24, 2.45) is 0 Å². The summed E-state index contributed by atoms with van der Waals surface area (Å²) in [6.45, 7) is 2.30. The van der Waals surface area contributed by atoms with Crippen LogP contribution in [0.2, 0.25) is 10.0 Å². The van der Waals surface area contributed by atoms with E-state index in [1.54, 1.807) is 11.8 Å². The van der Waals surface area contributed by atoms with E-state index in [-0.39, 0.29) is 43.5 Å². The fourth-order valence-corrected chi connectivity index (χ4v) is 5.84. The molecule has 1 saturated heterocycles. The highest BCUT2D eigenvalue weighted by molar-refractivity contribution is 7.70. The summed E-state index contributed by atoms with van der Waals surface area (Å²) in [5, 5.41) is 7.12. The normalized spacial score (nSPS) is 16.1. The summed E-state index contributed by atoms with van der Waals surface area (Å²) in [6, 6.07) is 4.38. The zero-order valence-corrected chi connectivity index (χ0v) is 24.4. The first-order valence-electron chi connectivity index (χ1n) is 11.6. The van der Waals surface area contributed by atoms with Gasteiger partial charge in [0.05, 0.1) is 23.1 Å². The summed E-state index contributed by atoms with van der Waals surface area (Å²) in [5.74, 6) is -1.64. The second-order valence-corrected chi connectivity index (χ2v) is 13.1. The quantitative estimate of drug-likeness (QED) is 0.123. The van der Waals surface area contributed by atoms with Gasteiger partial charge in [-0.3, -0.25) is 28.9 Å². The Bertz CT molecular complexity index is 1120. The highest BCUT2D eigenvalue weighted by Crippen LogP contribution is 2.58. The lowest BCUT2D eigenvalue weighted by Crippen LogP contribution is -2.52. The van der Waals surface area contributed by atoms with Crippen LogP contribution in [0.25, 0.3) is 0 Å². The molecule has 224 valence electrons. The van der Waals surface area contributed by atoms with Crippen molar-refractivity contribution in [3.63, 3.8) is 0 Å². The van der Waals surface area contributed by atoms with Crippen molar-refractivity contribution >= 4 is 63.4 Å². The molecule has 0 radical (unpaired) electrons. The van der Waals surface area contributed by atoms with E-state index in [1.807, 2.05) is 0 Å². The molecule has 0 spiro atoms. The smallest absolute Gasteiger partial charge is 0.448 e. The third-order valence-corrected chi connectivity index (χ3v) is 9.19. The van der Waals surface area contributed by atoms with Crippen LogP contribution < -0.4 is 16.0 Å². The van der Waals surface area contributed by atoms with E-state index in [1.165, 1.54) is 23.5 Å². The lowest BCUT2D eigenvalue weighted by Gasteiger charge is -2.29. The van der Waals surface area contributed by atoms with E-state index in [2.05, 4.69) is 10.6 Å². The molecular formula is C19H29BCl2N4O12P2. The molecule has 16 nitrogen and oxygen atoms in total. The van der Waals surface area contributed by atoms with Crippen molar-refractivity contribution in [2.75, 3.05) is 46.0 Å². The molecule has 2 rings (SSSR count). The summed E-state index contributed by atoms with van der Waals surface area (Å²) in [5.41, 5.74) is -2.59. The minimum atomic E-state index is -5.34. The minimum Gasteiger partial charge on any atom is -0.448 e. The van der Waals surface area contributed by atoms with Gasteiger partial charge >= 0.3 is 28.4 Å². The van der Waals surface area contributed by atoms with Gasteiger partial charge in [0, 0.05) is 37.9 Å². The van der Waals surface area contributed by atoms with Crippen LogP contribution in [-0.4, -0.2) is 107 Å². The Kier molecular flexibility index (Phi) is 13.3. The maximum atomic E-state index is 12.3. The number of amides is 3. The number of alkyl carbamates (subject to hydrolysis) is 1. The maximum absolute atomic E-state index is 12.3. The zero-order chi connectivity index (χ0) is 30.1. The van der Waals surface area contributed by atoms with Crippen molar-refractivity contribution in [1.29, 1.82) is 0 Å². The number of hydrogen-bond acceptors (Lipinski definition) is 9. The van der Waals surface area contributed by atoms with Gasteiger partial charge in [0.25, 0.3) is 5.91 Å². The molecule has 1 heterocycles. The van der Waals surface area contributed by atoms with Gasteiger partial charge in [0.15, 0.2) is 0 Å². The van der Waals surface area contributed by atoms with Crippen LogP contribution in [0.5, 0.6) is 0 Å². The van der Waals surface area contributed by atoms with Crippen LogP contribution in [0.1, 0.15) is 17.3 Å². The summed E-state index contributed by atoms with van der Waals surface area (Å²) < 4.78 is 38.5. The molecule has 0 aliphatic carbocycles. The summed E-state index contributed by atoms with van der Waals surface area (Å²) in [4.78, 5) is 74.2. The number of nitrogens with one attached hydrogen (secondary N) is 3. The summed E-state index contributed by atoms with van der Waals surface area (Å²) in [6.07, 6.45) is -1.41. The van der Waals surface area contributed by atoms with Crippen molar-refractivity contribution in [3.05, 3.63) is 33.8 Å². The molecule has 1 aliphatic rings. The van der Waals surface area contributed by atoms with E-state index in [0.717, 1.165) is 0 Å². The average Bonchev–Trinajstić information content (AvgIpc) is 2.82. The van der Waals surface area contributed by atoms with Gasteiger partial charge in [-0.2, -0.15) is 0 Å². The van der Waals surface area contributed by atoms with E-state index < -0.39 is 51.7 Å². The molecule has 1 fully saturated rings. The highest BCUT2D eigenvalue weighted by atomic mass is 35.5. The van der Waals surface area contributed by atoms with E-state index in [0.29, 0.717) is 18.1 Å². The summed E-state index contributed by atoms with van der Waals surface area (Å²) in [7, 11) is -11.5. The fraction of sp³-hybridized carbons (Fsp3) is 0.526. The number of nitrogens with zero attached hydrogens (tertiary/aromatic N) is 1. The molecule has 3 amide bonds. The standard InChI is InChI=1S/C19H29BCl2N4O12P2/c1-12(24-16(27)11-23-17(28)14-10-13(21)2-3-15(14)22)20-37-8-5-26(6-9-38-20)4-7-36-18(29)25-19(39(30,31)32)40(33,34)35/h2-3,10,12,19H,4-9,11H2,1H3,(H,23,28)(H,24,27)(H,25,29)(H2,30,31,32)(H2,33,34,35)/t12-/m1/s1. The van der Waals surface area contributed by atoms with Gasteiger partial charge in [0.2, 0.25) is 11.4 Å². The fourth-order valence-electron chi connectivity index (χ4n) is 3.35. The Labute approximate surface area is 239 Å². The number of rotatable bonds is 11. The average molecular weight is 649 g/mol. The molecule has 1 aromatic carbocycles. The van der Waals surface area contributed by atoms with Gasteiger partial charge < -0.3 is 44.3 Å². The largest absolute Gasteiger partial charge is 0.480 e. The topological polar surface area (TPSA) is 233 Å². The number of carbonyl (C=O) groups is 3. The number of ether oxygens (including phenoxy) is 1. The van der Waals surface area contributed by atoms with E-state index in [9.17, 15) is 23.5 Å². The predicted molar refractivity (Wildman–Crippen MR) is 143 cm³/mol. The second kappa shape index (κ2) is 15.5. The monoisotopic (exact) mass is 648 g/mol. The molecule has 0 aromatic heterocycles.